The monoisotopic (exact) mass is 268 g/mol. The topological polar surface area (TPSA) is 62.4 Å². The number of rotatable bonds is 2. The number of anilines is 1. The molecule has 5 nitrogen and oxygen atoms in total. The number of nitrogens with one attached hydrogen (secondary N) is 1. The number of phenolic OH excluding ortho intramolecular Hbond substituents is 1. The van der Waals surface area contributed by atoms with Gasteiger partial charge in [0.1, 0.15) is 5.75 Å². The van der Waals surface area contributed by atoms with Crippen LogP contribution < -0.4 is 10.8 Å². The van der Waals surface area contributed by atoms with Crippen LogP contribution in [-0.4, -0.2) is 20.7 Å². The zero-order valence-corrected chi connectivity index (χ0v) is 11.0. The first-order chi connectivity index (χ1) is 9.78. The van der Waals surface area contributed by atoms with Gasteiger partial charge in [-0.15, -0.1) is 0 Å². The highest BCUT2D eigenvalue weighted by Gasteiger charge is 2.23. The van der Waals surface area contributed by atoms with Crippen LogP contribution in [0.3, 0.4) is 0 Å². The summed E-state index contributed by atoms with van der Waals surface area (Å²) in [6.45, 7) is 0.844. The maximum atomic E-state index is 9.35. The predicted molar refractivity (Wildman–Crippen MR) is 75.3 cm³/mol. The third-order valence-electron chi connectivity index (χ3n) is 3.74. The number of hydrogen-bond donors (Lipinski definition) is 2. The van der Waals surface area contributed by atoms with Crippen molar-refractivity contribution in [2.45, 2.75) is 31.5 Å². The van der Waals surface area contributed by atoms with E-state index in [1.165, 1.54) is 12.8 Å². The van der Waals surface area contributed by atoms with Crippen molar-refractivity contribution >= 4 is 5.95 Å². The smallest absolute Gasteiger partial charge is 0.205 e. The summed E-state index contributed by atoms with van der Waals surface area (Å²) in [5.74, 6) is 1.16. The van der Waals surface area contributed by atoms with E-state index in [1.54, 1.807) is 12.1 Å². The van der Waals surface area contributed by atoms with Gasteiger partial charge in [0.25, 0.3) is 0 Å². The van der Waals surface area contributed by atoms with Gasteiger partial charge in [0.05, 0.1) is 12.1 Å². The minimum absolute atomic E-state index is 0.194. The van der Waals surface area contributed by atoms with Crippen molar-refractivity contribution in [3.8, 4) is 5.75 Å². The lowest BCUT2D eigenvalue weighted by molar-refractivity contribution is 0.475. The molecule has 0 saturated heterocycles. The number of benzene rings is 1. The second kappa shape index (κ2) is 4.37. The number of aromatic nitrogens is 2. The van der Waals surface area contributed by atoms with Crippen LogP contribution in [0.2, 0.25) is 0 Å². The zero-order chi connectivity index (χ0) is 13.5. The fourth-order valence-electron chi connectivity index (χ4n) is 2.46. The summed E-state index contributed by atoms with van der Waals surface area (Å²) >= 11 is 0. The fourth-order valence-corrected chi connectivity index (χ4v) is 2.46. The molecule has 0 spiro atoms. The van der Waals surface area contributed by atoms with Crippen molar-refractivity contribution in [2.75, 3.05) is 5.32 Å². The molecule has 1 unspecified atom stereocenters. The van der Waals surface area contributed by atoms with Gasteiger partial charge in [-0.05, 0) is 36.6 Å². The maximum absolute atomic E-state index is 9.35. The van der Waals surface area contributed by atoms with Gasteiger partial charge >= 0.3 is 0 Å². The molecular weight excluding hydrogens is 252 g/mol. The fraction of sp³-hybridized carbons (Fsp3) is 0.333. The molecule has 1 aromatic heterocycles. The molecule has 20 heavy (non-hydrogen) atoms. The summed E-state index contributed by atoms with van der Waals surface area (Å²) in [7, 11) is 0. The summed E-state index contributed by atoms with van der Waals surface area (Å²) in [5, 5.41) is 12.8. The Balaban J connectivity index is 1.61. The van der Waals surface area contributed by atoms with Crippen molar-refractivity contribution in [1.82, 2.24) is 9.55 Å². The third-order valence-corrected chi connectivity index (χ3v) is 3.74. The molecule has 0 radical (unpaired) electrons. The average Bonchev–Trinajstić information content (AvgIpc) is 3.16. The molecule has 1 aliphatic heterocycles. The van der Waals surface area contributed by atoms with Gasteiger partial charge in [-0.1, -0.05) is 12.1 Å². The SMILES string of the molecule is Oc1ccc(C2Cn3ccc(=NC4CC4)nc3N2)cc1. The largest absolute Gasteiger partial charge is 0.508 e. The molecule has 1 saturated carbocycles. The Morgan fingerprint density at radius 2 is 2.00 bits per heavy atom. The van der Waals surface area contributed by atoms with Crippen molar-refractivity contribution in [1.29, 1.82) is 0 Å². The van der Waals surface area contributed by atoms with Crippen LogP contribution in [0.1, 0.15) is 24.4 Å². The highest BCUT2D eigenvalue weighted by atomic mass is 16.3. The highest BCUT2D eigenvalue weighted by molar-refractivity contribution is 5.38. The summed E-state index contributed by atoms with van der Waals surface area (Å²) in [6, 6.07) is 9.96. The first kappa shape index (κ1) is 11.5. The van der Waals surface area contributed by atoms with Crippen LogP contribution in [0.5, 0.6) is 5.75 Å². The second-order valence-corrected chi connectivity index (χ2v) is 5.41. The van der Waals surface area contributed by atoms with E-state index in [1.807, 2.05) is 24.4 Å². The van der Waals surface area contributed by atoms with Crippen LogP contribution in [0.4, 0.5) is 5.95 Å². The lowest BCUT2D eigenvalue weighted by Crippen LogP contribution is -2.12. The molecule has 0 amide bonds. The Kier molecular flexibility index (Phi) is 2.52. The minimum Gasteiger partial charge on any atom is -0.508 e. The van der Waals surface area contributed by atoms with E-state index in [9.17, 15) is 5.11 Å². The van der Waals surface area contributed by atoms with E-state index in [-0.39, 0.29) is 6.04 Å². The quantitative estimate of drug-likeness (QED) is 0.873. The molecule has 2 aliphatic rings. The zero-order valence-electron chi connectivity index (χ0n) is 11.0. The molecule has 1 aliphatic carbocycles. The van der Waals surface area contributed by atoms with Crippen LogP contribution in [0.25, 0.3) is 0 Å². The van der Waals surface area contributed by atoms with Crippen molar-refractivity contribution in [2.24, 2.45) is 4.99 Å². The molecule has 5 heteroatoms. The Hall–Kier alpha value is -2.30. The second-order valence-electron chi connectivity index (χ2n) is 5.41. The number of hydrogen-bond acceptors (Lipinski definition) is 4. The van der Waals surface area contributed by atoms with Gasteiger partial charge in [0, 0.05) is 12.7 Å². The lowest BCUT2D eigenvalue weighted by Gasteiger charge is -2.09. The lowest BCUT2D eigenvalue weighted by atomic mass is 10.1. The number of phenols is 1. The number of nitrogens with zero attached hydrogens (tertiary/aromatic N) is 3. The van der Waals surface area contributed by atoms with E-state index < -0.39 is 0 Å². The van der Waals surface area contributed by atoms with E-state index in [0.717, 1.165) is 23.5 Å². The first-order valence-corrected chi connectivity index (χ1v) is 6.95. The Labute approximate surface area is 116 Å². The highest BCUT2D eigenvalue weighted by Crippen LogP contribution is 2.27. The number of fused-ring (bicyclic) bond motifs is 1. The van der Waals surface area contributed by atoms with Crippen LogP contribution >= 0.6 is 0 Å². The molecule has 0 bridgehead atoms. The third kappa shape index (κ3) is 2.15. The van der Waals surface area contributed by atoms with Crippen molar-refractivity contribution < 1.29 is 5.11 Å². The maximum Gasteiger partial charge on any atom is 0.205 e. The van der Waals surface area contributed by atoms with Crippen LogP contribution in [0, 0.1) is 0 Å². The predicted octanol–water partition coefficient (Wildman–Crippen LogP) is 1.82. The van der Waals surface area contributed by atoms with Gasteiger partial charge in [-0.25, -0.2) is 0 Å². The molecule has 102 valence electrons. The van der Waals surface area contributed by atoms with Crippen LogP contribution in [-0.2, 0) is 6.54 Å². The summed E-state index contributed by atoms with van der Waals surface area (Å²) < 4.78 is 2.10. The minimum atomic E-state index is 0.194. The Bertz CT molecular complexity index is 701. The molecular formula is C15H16N4O. The number of aromatic hydroxyl groups is 1. The first-order valence-electron chi connectivity index (χ1n) is 6.95. The summed E-state index contributed by atoms with van der Waals surface area (Å²) in [4.78, 5) is 9.12. The normalized spacial score (nSPS) is 21.6. The van der Waals surface area contributed by atoms with Gasteiger partial charge in [-0.3, -0.25) is 4.99 Å². The van der Waals surface area contributed by atoms with E-state index >= 15 is 0 Å². The van der Waals surface area contributed by atoms with Gasteiger partial charge < -0.3 is 15.0 Å². The van der Waals surface area contributed by atoms with Crippen molar-refractivity contribution in [3.63, 3.8) is 0 Å². The summed E-state index contributed by atoms with van der Waals surface area (Å²) in [6.07, 6.45) is 4.42. The molecule has 4 rings (SSSR count). The molecule has 1 aromatic carbocycles. The van der Waals surface area contributed by atoms with Gasteiger partial charge in [-0.2, -0.15) is 4.98 Å². The molecule has 2 aromatic rings. The molecule has 2 N–H and O–H groups in total. The van der Waals surface area contributed by atoms with E-state index in [0.29, 0.717) is 11.8 Å². The van der Waals surface area contributed by atoms with Crippen molar-refractivity contribution in [3.05, 3.63) is 47.6 Å². The average molecular weight is 268 g/mol. The molecule has 1 atom stereocenters. The Morgan fingerprint density at radius 3 is 2.75 bits per heavy atom. The van der Waals surface area contributed by atoms with E-state index in [2.05, 4.69) is 19.9 Å². The Morgan fingerprint density at radius 1 is 1.20 bits per heavy atom. The van der Waals surface area contributed by atoms with E-state index in [4.69, 9.17) is 0 Å². The molecule has 1 fully saturated rings. The standard InChI is InChI=1S/C15H16N4O/c20-12-5-1-10(2-6-12)13-9-19-8-7-14(16-11-3-4-11)18-15(19)17-13/h1-2,5-8,11,13,20H,3-4,9H2,(H,16,17,18). The molecule has 2 heterocycles. The summed E-state index contributed by atoms with van der Waals surface area (Å²) in [5.41, 5.74) is 1.96. The van der Waals surface area contributed by atoms with Gasteiger partial charge in [0.15, 0.2) is 5.49 Å². The van der Waals surface area contributed by atoms with Crippen LogP contribution in [0.15, 0.2) is 41.5 Å². The van der Waals surface area contributed by atoms with Gasteiger partial charge in [0.2, 0.25) is 5.95 Å².